The van der Waals surface area contributed by atoms with Gasteiger partial charge < -0.3 is 15.7 Å². The summed E-state index contributed by atoms with van der Waals surface area (Å²) in [5, 5.41) is 14.8. The van der Waals surface area contributed by atoms with Crippen molar-refractivity contribution >= 4 is 11.9 Å². The average molecular weight is 256 g/mol. The molecule has 5 nitrogen and oxygen atoms in total. The summed E-state index contributed by atoms with van der Waals surface area (Å²) < 4.78 is 0. The van der Waals surface area contributed by atoms with Crippen LogP contribution in [-0.2, 0) is 9.59 Å². The van der Waals surface area contributed by atoms with Gasteiger partial charge in [0.15, 0.2) is 0 Å². The maximum atomic E-state index is 11.8. The molecular weight excluding hydrogens is 232 g/mol. The summed E-state index contributed by atoms with van der Waals surface area (Å²) in [5.41, 5.74) is 0. The van der Waals surface area contributed by atoms with Gasteiger partial charge in [-0.25, -0.2) is 0 Å². The van der Waals surface area contributed by atoms with Gasteiger partial charge in [-0.15, -0.1) is 0 Å². The minimum Gasteiger partial charge on any atom is -0.481 e. The number of rotatable bonds is 7. The molecule has 18 heavy (non-hydrogen) atoms. The molecule has 0 radical (unpaired) electrons. The standard InChI is InChI=1S/C13H24N2O3/c1-10(3-2-4-13(17)18)15-12(16)9-11-5-7-14-8-6-11/h10-11,14H,2-9H2,1H3,(H,15,16)(H,17,18). The largest absolute Gasteiger partial charge is 0.481 e. The van der Waals surface area contributed by atoms with Gasteiger partial charge in [0.05, 0.1) is 0 Å². The van der Waals surface area contributed by atoms with E-state index in [1.807, 2.05) is 6.92 Å². The maximum Gasteiger partial charge on any atom is 0.303 e. The zero-order chi connectivity index (χ0) is 13.4. The van der Waals surface area contributed by atoms with E-state index in [9.17, 15) is 9.59 Å². The van der Waals surface area contributed by atoms with Crippen molar-refractivity contribution in [2.45, 2.75) is 51.5 Å². The first-order valence-electron chi connectivity index (χ1n) is 6.80. The Balaban J connectivity index is 2.12. The zero-order valence-corrected chi connectivity index (χ0v) is 11.1. The fourth-order valence-corrected chi connectivity index (χ4v) is 2.31. The summed E-state index contributed by atoms with van der Waals surface area (Å²) in [4.78, 5) is 22.1. The molecule has 1 atom stereocenters. The first-order chi connectivity index (χ1) is 8.58. The van der Waals surface area contributed by atoms with Gasteiger partial charge in [-0.05, 0) is 51.6 Å². The van der Waals surface area contributed by atoms with E-state index in [1.54, 1.807) is 0 Å². The number of carboxylic acid groups (broad SMARTS) is 1. The molecule has 104 valence electrons. The number of hydrogen-bond acceptors (Lipinski definition) is 3. The van der Waals surface area contributed by atoms with E-state index < -0.39 is 5.97 Å². The highest BCUT2D eigenvalue weighted by Gasteiger charge is 2.17. The summed E-state index contributed by atoms with van der Waals surface area (Å²) in [6.45, 7) is 3.94. The van der Waals surface area contributed by atoms with Gasteiger partial charge in [0.25, 0.3) is 0 Å². The summed E-state index contributed by atoms with van der Waals surface area (Å²) >= 11 is 0. The first-order valence-corrected chi connectivity index (χ1v) is 6.80. The van der Waals surface area contributed by atoms with Crippen LogP contribution in [0.4, 0.5) is 0 Å². The Morgan fingerprint density at radius 3 is 2.67 bits per heavy atom. The highest BCUT2D eigenvalue weighted by molar-refractivity contribution is 5.76. The van der Waals surface area contributed by atoms with Gasteiger partial charge in [0.1, 0.15) is 0 Å². The second-order valence-electron chi connectivity index (χ2n) is 5.15. The molecule has 0 aromatic carbocycles. The van der Waals surface area contributed by atoms with Crippen LogP contribution >= 0.6 is 0 Å². The highest BCUT2D eigenvalue weighted by atomic mass is 16.4. The molecule has 0 bridgehead atoms. The van der Waals surface area contributed by atoms with Crippen LogP contribution in [-0.4, -0.2) is 36.1 Å². The van der Waals surface area contributed by atoms with E-state index in [1.165, 1.54) is 0 Å². The highest BCUT2D eigenvalue weighted by Crippen LogP contribution is 2.15. The normalized spacial score (nSPS) is 18.3. The predicted molar refractivity (Wildman–Crippen MR) is 69.3 cm³/mol. The lowest BCUT2D eigenvalue weighted by molar-refractivity contribution is -0.137. The molecule has 1 aliphatic rings. The molecule has 1 unspecified atom stereocenters. The van der Waals surface area contributed by atoms with Crippen molar-refractivity contribution in [2.75, 3.05) is 13.1 Å². The van der Waals surface area contributed by atoms with Crippen molar-refractivity contribution in [3.63, 3.8) is 0 Å². The lowest BCUT2D eigenvalue weighted by Gasteiger charge is -2.23. The van der Waals surface area contributed by atoms with E-state index in [-0.39, 0.29) is 18.4 Å². The minimum absolute atomic E-state index is 0.0681. The second-order valence-corrected chi connectivity index (χ2v) is 5.15. The van der Waals surface area contributed by atoms with Crippen molar-refractivity contribution in [2.24, 2.45) is 5.92 Å². The van der Waals surface area contributed by atoms with Gasteiger partial charge in [0, 0.05) is 18.9 Å². The number of carboxylic acids is 1. The predicted octanol–water partition coefficient (Wildman–Crippen LogP) is 1.14. The van der Waals surface area contributed by atoms with Crippen LogP contribution < -0.4 is 10.6 Å². The molecule has 0 spiro atoms. The molecule has 1 amide bonds. The molecule has 0 saturated carbocycles. The smallest absolute Gasteiger partial charge is 0.303 e. The van der Waals surface area contributed by atoms with Crippen LogP contribution in [0.5, 0.6) is 0 Å². The Hall–Kier alpha value is -1.10. The van der Waals surface area contributed by atoms with E-state index in [2.05, 4.69) is 10.6 Å². The third-order valence-electron chi connectivity index (χ3n) is 3.37. The third-order valence-corrected chi connectivity index (χ3v) is 3.37. The van der Waals surface area contributed by atoms with Crippen LogP contribution in [0.2, 0.25) is 0 Å². The lowest BCUT2D eigenvalue weighted by Crippen LogP contribution is -2.36. The van der Waals surface area contributed by atoms with Crippen LogP contribution in [0.25, 0.3) is 0 Å². The molecule has 5 heteroatoms. The zero-order valence-electron chi connectivity index (χ0n) is 11.1. The number of carbonyl (C=O) groups excluding carboxylic acids is 1. The van der Waals surface area contributed by atoms with Crippen molar-refractivity contribution < 1.29 is 14.7 Å². The summed E-state index contributed by atoms with van der Waals surface area (Å²) in [5.74, 6) is -0.176. The van der Waals surface area contributed by atoms with E-state index >= 15 is 0 Å². The fraction of sp³-hybridized carbons (Fsp3) is 0.846. The van der Waals surface area contributed by atoms with Crippen LogP contribution in [0.15, 0.2) is 0 Å². The quantitative estimate of drug-likeness (QED) is 0.638. The van der Waals surface area contributed by atoms with E-state index in [0.29, 0.717) is 18.8 Å². The number of carbonyl (C=O) groups is 2. The van der Waals surface area contributed by atoms with E-state index in [0.717, 1.165) is 32.4 Å². The molecule has 1 rings (SSSR count). The molecule has 1 aliphatic heterocycles. The fourth-order valence-electron chi connectivity index (χ4n) is 2.31. The molecule has 0 aromatic rings. The summed E-state index contributed by atoms with van der Waals surface area (Å²) in [6, 6.07) is 0.0681. The van der Waals surface area contributed by atoms with Gasteiger partial charge in [0.2, 0.25) is 5.91 Å². The number of piperidine rings is 1. The number of hydrogen-bond donors (Lipinski definition) is 3. The Morgan fingerprint density at radius 2 is 2.06 bits per heavy atom. The molecule has 3 N–H and O–H groups in total. The average Bonchev–Trinajstić information content (AvgIpc) is 2.29. The maximum absolute atomic E-state index is 11.8. The number of amides is 1. The lowest BCUT2D eigenvalue weighted by atomic mass is 9.94. The third kappa shape index (κ3) is 6.59. The summed E-state index contributed by atoms with van der Waals surface area (Å²) in [7, 11) is 0. The van der Waals surface area contributed by atoms with Gasteiger partial charge in [-0.2, -0.15) is 0 Å². The van der Waals surface area contributed by atoms with E-state index in [4.69, 9.17) is 5.11 Å². The molecule has 0 aromatic heterocycles. The summed E-state index contributed by atoms with van der Waals surface area (Å²) in [6.07, 6.45) is 4.26. The van der Waals surface area contributed by atoms with Crippen molar-refractivity contribution in [3.8, 4) is 0 Å². The Kier molecular flexibility index (Phi) is 6.72. The second kappa shape index (κ2) is 8.08. The molecule has 0 aliphatic carbocycles. The van der Waals surface area contributed by atoms with Gasteiger partial charge in [-0.3, -0.25) is 9.59 Å². The van der Waals surface area contributed by atoms with Gasteiger partial charge in [-0.1, -0.05) is 0 Å². The number of nitrogens with one attached hydrogen (secondary N) is 2. The van der Waals surface area contributed by atoms with Crippen molar-refractivity contribution in [1.82, 2.24) is 10.6 Å². The van der Waals surface area contributed by atoms with Gasteiger partial charge >= 0.3 is 5.97 Å². The minimum atomic E-state index is -0.775. The van der Waals surface area contributed by atoms with Crippen molar-refractivity contribution in [3.05, 3.63) is 0 Å². The molecule has 1 heterocycles. The Labute approximate surface area is 108 Å². The monoisotopic (exact) mass is 256 g/mol. The number of aliphatic carboxylic acids is 1. The molecular formula is C13H24N2O3. The molecule has 1 fully saturated rings. The molecule has 1 saturated heterocycles. The van der Waals surface area contributed by atoms with Crippen LogP contribution in [0.3, 0.4) is 0 Å². The van der Waals surface area contributed by atoms with Crippen molar-refractivity contribution in [1.29, 1.82) is 0 Å². The topological polar surface area (TPSA) is 78.4 Å². The van der Waals surface area contributed by atoms with Crippen LogP contribution in [0, 0.1) is 5.92 Å². The first kappa shape index (κ1) is 15.0. The Morgan fingerprint density at radius 1 is 1.39 bits per heavy atom. The van der Waals surface area contributed by atoms with Crippen LogP contribution in [0.1, 0.15) is 45.4 Å². The SMILES string of the molecule is CC(CCCC(=O)O)NC(=O)CC1CCNCC1. The Bertz CT molecular complexity index is 275.